The van der Waals surface area contributed by atoms with E-state index < -0.39 is 10.0 Å². The lowest BCUT2D eigenvalue weighted by Gasteiger charge is -2.09. The van der Waals surface area contributed by atoms with Gasteiger partial charge in [0.05, 0.1) is 10.5 Å². The van der Waals surface area contributed by atoms with E-state index >= 15 is 0 Å². The van der Waals surface area contributed by atoms with E-state index in [0.29, 0.717) is 17.3 Å². The van der Waals surface area contributed by atoms with Crippen LogP contribution in [-0.4, -0.2) is 25.4 Å². The van der Waals surface area contributed by atoms with E-state index in [4.69, 9.17) is 0 Å². The second-order valence-electron chi connectivity index (χ2n) is 7.18. The summed E-state index contributed by atoms with van der Waals surface area (Å²) < 4.78 is 27.6. The average Bonchev–Trinajstić information content (AvgIpc) is 3.54. The van der Waals surface area contributed by atoms with Gasteiger partial charge in [0.2, 0.25) is 0 Å². The largest absolute Gasteiger partial charge is 0.349 e. The first-order valence-corrected chi connectivity index (χ1v) is 11.8. The van der Waals surface area contributed by atoms with Crippen molar-refractivity contribution in [3.05, 3.63) is 78.0 Å². The van der Waals surface area contributed by atoms with Gasteiger partial charge in [-0.05, 0) is 68.3 Å². The van der Waals surface area contributed by atoms with E-state index in [9.17, 15) is 13.2 Å². The van der Waals surface area contributed by atoms with Crippen molar-refractivity contribution in [2.45, 2.75) is 40.6 Å². The predicted octanol–water partition coefficient (Wildman–Crippen LogP) is 4.23. The number of aryl methyl sites for hydroxylation is 1. The lowest BCUT2D eigenvalue weighted by atomic mass is 10.2. The molecule has 3 aromatic rings. The smallest absolute Gasteiger partial charge is 0.261 e. The number of pyridine rings is 1. The number of sulfonamides is 1. The third-order valence-corrected chi connectivity index (χ3v) is 6.93. The second kappa shape index (κ2) is 8.49. The SMILES string of the molecule is Cc1ccc(S(=O)(=O)Nc2ccc(Sc3ccc(C(=O)NC4CC4)cn3)cc2)cc1. The molecule has 1 amide bonds. The van der Waals surface area contributed by atoms with Gasteiger partial charge in [0, 0.05) is 22.8 Å². The van der Waals surface area contributed by atoms with Crippen LogP contribution >= 0.6 is 11.8 Å². The van der Waals surface area contributed by atoms with Crippen molar-refractivity contribution in [3.63, 3.8) is 0 Å². The number of amides is 1. The van der Waals surface area contributed by atoms with Crippen molar-refractivity contribution < 1.29 is 13.2 Å². The van der Waals surface area contributed by atoms with Crippen molar-refractivity contribution in [1.29, 1.82) is 0 Å². The van der Waals surface area contributed by atoms with Gasteiger partial charge in [0.25, 0.3) is 15.9 Å². The Morgan fingerprint density at radius 2 is 1.70 bits per heavy atom. The zero-order chi connectivity index (χ0) is 21.1. The molecule has 0 aliphatic heterocycles. The molecule has 30 heavy (non-hydrogen) atoms. The van der Waals surface area contributed by atoms with Gasteiger partial charge in [-0.1, -0.05) is 29.5 Å². The zero-order valence-electron chi connectivity index (χ0n) is 16.3. The van der Waals surface area contributed by atoms with Gasteiger partial charge in [-0.3, -0.25) is 9.52 Å². The Labute approximate surface area is 180 Å². The van der Waals surface area contributed by atoms with Gasteiger partial charge >= 0.3 is 0 Å². The highest BCUT2D eigenvalue weighted by atomic mass is 32.2. The molecular weight excluding hydrogens is 418 g/mol. The maximum atomic E-state index is 12.5. The molecule has 1 saturated carbocycles. The number of nitrogens with zero attached hydrogens (tertiary/aromatic N) is 1. The molecule has 2 aromatic carbocycles. The highest BCUT2D eigenvalue weighted by Crippen LogP contribution is 2.28. The van der Waals surface area contributed by atoms with E-state index in [2.05, 4.69) is 15.0 Å². The number of benzene rings is 2. The molecule has 1 heterocycles. The number of carbonyl (C=O) groups excluding carboxylic acids is 1. The summed E-state index contributed by atoms with van der Waals surface area (Å²) in [5.41, 5.74) is 2.03. The molecule has 8 heteroatoms. The predicted molar refractivity (Wildman–Crippen MR) is 117 cm³/mol. The molecule has 1 aliphatic carbocycles. The summed E-state index contributed by atoms with van der Waals surface area (Å²) in [4.78, 5) is 17.5. The molecule has 1 aromatic heterocycles. The van der Waals surface area contributed by atoms with Gasteiger partial charge in [-0.15, -0.1) is 0 Å². The van der Waals surface area contributed by atoms with Gasteiger partial charge in [-0.2, -0.15) is 0 Å². The minimum atomic E-state index is -3.63. The maximum Gasteiger partial charge on any atom is 0.261 e. The second-order valence-corrected chi connectivity index (χ2v) is 9.95. The van der Waals surface area contributed by atoms with Crippen molar-refractivity contribution >= 4 is 33.4 Å². The summed E-state index contributed by atoms with van der Waals surface area (Å²) >= 11 is 1.44. The molecule has 154 valence electrons. The molecule has 0 saturated heterocycles. The molecule has 6 nitrogen and oxygen atoms in total. The summed E-state index contributed by atoms with van der Waals surface area (Å²) in [5, 5.41) is 3.69. The molecule has 4 rings (SSSR count). The summed E-state index contributed by atoms with van der Waals surface area (Å²) in [6.45, 7) is 1.91. The molecule has 0 unspecified atom stereocenters. The Bertz CT molecular complexity index is 1140. The fourth-order valence-electron chi connectivity index (χ4n) is 2.71. The Kier molecular flexibility index (Phi) is 5.78. The Hall–Kier alpha value is -2.84. The van der Waals surface area contributed by atoms with Crippen LogP contribution in [0, 0.1) is 6.92 Å². The minimum Gasteiger partial charge on any atom is -0.349 e. The number of aromatic nitrogens is 1. The van der Waals surface area contributed by atoms with Crippen LogP contribution in [0.4, 0.5) is 5.69 Å². The normalized spacial score (nSPS) is 13.6. The third kappa shape index (κ3) is 5.20. The molecule has 0 bridgehead atoms. The average molecular weight is 440 g/mol. The first-order chi connectivity index (χ1) is 14.4. The number of hydrogen-bond donors (Lipinski definition) is 2. The van der Waals surface area contributed by atoms with E-state index in [1.165, 1.54) is 11.8 Å². The van der Waals surface area contributed by atoms with Crippen LogP contribution in [0.1, 0.15) is 28.8 Å². The number of anilines is 1. The molecule has 1 fully saturated rings. The van der Waals surface area contributed by atoms with Crippen molar-refractivity contribution in [2.24, 2.45) is 0 Å². The lowest BCUT2D eigenvalue weighted by Crippen LogP contribution is -2.25. The molecular formula is C22H21N3O3S2. The van der Waals surface area contributed by atoms with Crippen LogP contribution in [0.5, 0.6) is 0 Å². The molecule has 1 aliphatic rings. The molecule has 0 radical (unpaired) electrons. The summed E-state index contributed by atoms with van der Waals surface area (Å²) in [6.07, 6.45) is 3.67. The fraction of sp³-hybridized carbons (Fsp3) is 0.182. The van der Waals surface area contributed by atoms with Gasteiger partial charge < -0.3 is 5.32 Å². The molecule has 0 spiro atoms. The van der Waals surface area contributed by atoms with Crippen LogP contribution in [0.25, 0.3) is 0 Å². The van der Waals surface area contributed by atoms with Crippen LogP contribution in [0.2, 0.25) is 0 Å². The van der Waals surface area contributed by atoms with Crippen molar-refractivity contribution in [1.82, 2.24) is 10.3 Å². The third-order valence-electron chi connectivity index (χ3n) is 4.57. The quantitative estimate of drug-likeness (QED) is 0.575. The zero-order valence-corrected chi connectivity index (χ0v) is 18.0. The van der Waals surface area contributed by atoms with Gasteiger partial charge in [0.15, 0.2) is 0 Å². The van der Waals surface area contributed by atoms with E-state index in [0.717, 1.165) is 28.3 Å². The van der Waals surface area contributed by atoms with Crippen LogP contribution in [-0.2, 0) is 10.0 Å². The summed E-state index contributed by atoms with van der Waals surface area (Å²) in [5.74, 6) is -0.0910. The van der Waals surface area contributed by atoms with Crippen molar-refractivity contribution in [2.75, 3.05) is 4.72 Å². The van der Waals surface area contributed by atoms with E-state index in [-0.39, 0.29) is 10.8 Å². The minimum absolute atomic E-state index is 0.0910. The first-order valence-electron chi connectivity index (χ1n) is 9.53. The first kappa shape index (κ1) is 20.4. The lowest BCUT2D eigenvalue weighted by molar-refractivity contribution is 0.0950. The summed E-state index contributed by atoms with van der Waals surface area (Å²) in [7, 11) is -3.63. The molecule has 0 atom stereocenters. The van der Waals surface area contributed by atoms with E-state index in [1.807, 2.05) is 19.1 Å². The summed E-state index contributed by atoms with van der Waals surface area (Å²) in [6, 6.07) is 17.7. The van der Waals surface area contributed by atoms with Gasteiger partial charge in [0.1, 0.15) is 5.03 Å². The topological polar surface area (TPSA) is 88.2 Å². The fourth-order valence-corrected chi connectivity index (χ4v) is 4.53. The number of carbonyl (C=O) groups is 1. The maximum absolute atomic E-state index is 12.5. The van der Waals surface area contributed by atoms with Crippen LogP contribution in [0.15, 0.2) is 81.7 Å². The Balaban J connectivity index is 1.38. The number of rotatable bonds is 7. The highest BCUT2D eigenvalue weighted by molar-refractivity contribution is 7.99. The highest BCUT2D eigenvalue weighted by Gasteiger charge is 2.23. The Morgan fingerprint density at radius 1 is 1.00 bits per heavy atom. The standard InChI is InChI=1S/C22H21N3O3S2/c1-15-2-11-20(12-3-15)30(27,28)25-18-7-9-19(10-8-18)29-21-13-4-16(14-23-21)22(26)24-17-5-6-17/h2-4,7-14,17,25H,5-6H2,1H3,(H,24,26). The van der Waals surface area contributed by atoms with Crippen molar-refractivity contribution in [3.8, 4) is 0 Å². The monoisotopic (exact) mass is 439 g/mol. The van der Waals surface area contributed by atoms with E-state index in [1.54, 1.807) is 54.7 Å². The van der Waals surface area contributed by atoms with Crippen LogP contribution in [0.3, 0.4) is 0 Å². The Morgan fingerprint density at radius 3 is 2.30 bits per heavy atom. The van der Waals surface area contributed by atoms with Gasteiger partial charge in [-0.25, -0.2) is 13.4 Å². The van der Waals surface area contributed by atoms with Crippen LogP contribution < -0.4 is 10.0 Å². The number of nitrogens with one attached hydrogen (secondary N) is 2. The number of hydrogen-bond acceptors (Lipinski definition) is 5. The molecule has 2 N–H and O–H groups in total.